The molecule has 0 fully saturated rings. The van der Waals surface area contributed by atoms with Crippen molar-refractivity contribution >= 4 is 28.9 Å². The summed E-state index contributed by atoms with van der Waals surface area (Å²) >= 11 is 0. The number of aromatic nitrogens is 3. The number of rotatable bonds is 12. The monoisotopic (exact) mass is 651 g/mol. The van der Waals surface area contributed by atoms with Crippen LogP contribution in [0.5, 0.6) is 11.5 Å². The van der Waals surface area contributed by atoms with Crippen molar-refractivity contribution in [3.63, 3.8) is 0 Å². The lowest BCUT2D eigenvalue weighted by Gasteiger charge is -2.17. The summed E-state index contributed by atoms with van der Waals surface area (Å²) in [6.45, 7) is 8.96. The first-order valence-electron chi connectivity index (χ1n) is 14.5. The van der Waals surface area contributed by atoms with Gasteiger partial charge < -0.3 is 14.6 Å². The number of benzene rings is 3. The molecule has 3 aromatic carbocycles. The zero-order chi connectivity index (χ0) is 32.4. The highest BCUT2D eigenvalue weighted by atomic mass is 32.2. The summed E-state index contributed by atoms with van der Waals surface area (Å²) in [7, 11) is -4.79. The maximum Gasteiger partial charge on any atom is 0.178 e. The Morgan fingerprint density at radius 2 is 1.67 bits per heavy atom. The number of fused-ring (bicyclic) bond motifs is 1. The van der Waals surface area contributed by atoms with Gasteiger partial charge in [0, 0.05) is 32.5 Å². The van der Waals surface area contributed by atoms with Crippen molar-refractivity contribution in [3.8, 4) is 23.0 Å². The van der Waals surface area contributed by atoms with E-state index in [0.717, 1.165) is 18.2 Å². The molecule has 0 saturated heterocycles. The Morgan fingerprint density at radius 3 is 2.29 bits per heavy atom. The first kappa shape index (κ1) is 32.4. The van der Waals surface area contributed by atoms with E-state index < -0.39 is 41.2 Å². The molecule has 5 aromatic rings. The molecule has 236 valence electrons. The van der Waals surface area contributed by atoms with E-state index in [1.807, 2.05) is 6.07 Å². The van der Waals surface area contributed by atoms with E-state index in [1.165, 1.54) is 36.4 Å². The molecule has 2 heterocycles. The smallest absolute Gasteiger partial charge is 0.178 e. The molecule has 0 saturated carbocycles. The molecule has 1 N–H and O–H groups in total. The fourth-order valence-electron chi connectivity index (χ4n) is 4.79. The highest BCUT2D eigenvalue weighted by Gasteiger charge is 2.26. The van der Waals surface area contributed by atoms with Gasteiger partial charge in [0.1, 0.15) is 41.7 Å². The van der Waals surface area contributed by atoms with Crippen LogP contribution in [0.3, 0.4) is 0 Å². The summed E-state index contributed by atoms with van der Waals surface area (Å²) in [5.41, 5.74) is 0.892. The number of sulfone groups is 1. The number of halogens is 2. The number of pyridine rings is 1. The average Bonchev–Trinajstić information content (AvgIpc) is 3.37. The molecule has 0 bridgehead atoms. The Morgan fingerprint density at radius 1 is 0.956 bits per heavy atom. The Balaban J connectivity index is 1.66. The fourth-order valence-corrected chi connectivity index (χ4v) is 6.43. The van der Waals surface area contributed by atoms with Gasteiger partial charge in [-0.1, -0.05) is 38.7 Å². The Hall–Kier alpha value is -3.97. The first-order valence-corrected chi connectivity index (χ1v) is 19.9. The lowest BCUT2D eigenvalue weighted by molar-refractivity contribution is 0.0909. The van der Waals surface area contributed by atoms with E-state index in [9.17, 15) is 22.3 Å². The van der Waals surface area contributed by atoms with Crippen LogP contribution in [-0.4, -0.2) is 48.5 Å². The third-order valence-corrected chi connectivity index (χ3v) is 10.8. The normalized spacial score (nSPS) is 12.9. The van der Waals surface area contributed by atoms with Gasteiger partial charge in [-0.25, -0.2) is 22.2 Å². The minimum Gasteiger partial charge on any atom is -0.457 e. The van der Waals surface area contributed by atoms with Gasteiger partial charge in [0.05, 0.1) is 27.2 Å². The van der Waals surface area contributed by atoms with E-state index in [4.69, 9.17) is 14.5 Å². The molecule has 0 aliphatic heterocycles. The molecule has 0 aliphatic rings. The summed E-state index contributed by atoms with van der Waals surface area (Å²) in [6, 6.07) is 18.8. The zero-order valence-electron chi connectivity index (χ0n) is 25.5. The Kier molecular flexibility index (Phi) is 9.49. The van der Waals surface area contributed by atoms with Crippen molar-refractivity contribution in [2.75, 3.05) is 12.4 Å². The molecule has 2 aromatic heterocycles. The quantitative estimate of drug-likeness (QED) is 0.111. The minimum absolute atomic E-state index is 0.0413. The number of hydrogen-bond acceptors (Lipinski definition) is 7. The maximum atomic E-state index is 14.9. The second kappa shape index (κ2) is 13.2. The van der Waals surface area contributed by atoms with Crippen LogP contribution < -0.4 is 4.74 Å². The highest BCUT2D eigenvalue weighted by molar-refractivity contribution is 7.91. The number of hydrogen-bond donors (Lipinski definition) is 1. The Labute approximate surface area is 262 Å². The van der Waals surface area contributed by atoms with Crippen LogP contribution in [0.25, 0.3) is 22.6 Å². The van der Waals surface area contributed by atoms with Crippen molar-refractivity contribution in [2.45, 2.75) is 50.3 Å². The number of aliphatic hydroxyl groups excluding tert-OH is 1. The van der Waals surface area contributed by atoms with Gasteiger partial charge in [-0.15, -0.1) is 0 Å². The van der Waals surface area contributed by atoms with E-state index in [-0.39, 0.29) is 34.2 Å². The number of aliphatic hydroxyl groups is 1. The third-order valence-electron chi connectivity index (χ3n) is 7.33. The number of nitrogens with zero attached hydrogens (tertiary/aromatic N) is 3. The highest BCUT2D eigenvalue weighted by Crippen LogP contribution is 2.38. The van der Waals surface area contributed by atoms with E-state index in [2.05, 4.69) is 24.6 Å². The van der Waals surface area contributed by atoms with E-state index in [0.29, 0.717) is 29.4 Å². The van der Waals surface area contributed by atoms with Gasteiger partial charge in [-0.3, -0.25) is 9.55 Å². The predicted octanol–water partition coefficient (Wildman–Crippen LogP) is 7.36. The van der Waals surface area contributed by atoms with Crippen LogP contribution in [-0.2, 0) is 21.3 Å². The standard InChI is InChI=1S/C33H35F2N3O5SSi/c1-5-44(40,41)24-14-12-22(13-15-24)43-23-19-25(32(39)30-26(34)9-8-10-27(30)35)31-29(20-23)38(21-42-17-18-45(2,3)4)33(37-31)28-11-6-7-16-36-28/h6-16,19-20,32,39H,5,17-18,21H2,1-4H3. The lowest BCUT2D eigenvalue weighted by atomic mass is 9.99. The molecule has 8 nitrogen and oxygen atoms in total. The molecule has 0 radical (unpaired) electrons. The van der Waals surface area contributed by atoms with E-state index in [1.54, 1.807) is 35.9 Å². The van der Waals surface area contributed by atoms with Gasteiger partial charge in [0.2, 0.25) is 0 Å². The van der Waals surface area contributed by atoms with Gasteiger partial charge in [0.15, 0.2) is 15.7 Å². The van der Waals surface area contributed by atoms with Gasteiger partial charge >= 0.3 is 0 Å². The fraction of sp³-hybridized carbons (Fsp3) is 0.273. The molecule has 12 heteroatoms. The van der Waals surface area contributed by atoms with Gasteiger partial charge in [-0.05, 0) is 60.6 Å². The molecular formula is C33H35F2N3O5SSi. The van der Waals surface area contributed by atoms with Gasteiger partial charge in [-0.2, -0.15) is 0 Å². The summed E-state index contributed by atoms with van der Waals surface area (Å²) in [5.74, 6) is -0.866. The Bertz CT molecular complexity index is 1890. The van der Waals surface area contributed by atoms with Crippen LogP contribution in [0.15, 0.2) is 83.9 Å². The van der Waals surface area contributed by atoms with Crippen LogP contribution >= 0.6 is 0 Å². The second-order valence-corrected chi connectivity index (χ2v) is 19.7. The van der Waals surface area contributed by atoms with Crippen molar-refractivity contribution in [3.05, 3.63) is 102 Å². The molecule has 0 spiro atoms. The van der Waals surface area contributed by atoms with Crippen molar-refractivity contribution in [1.82, 2.24) is 14.5 Å². The van der Waals surface area contributed by atoms with Crippen molar-refractivity contribution < 1.29 is 31.8 Å². The summed E-state index contributed by atoms with van der Waals surface area (Å²) in [5, 5.41) is 11.5. The van der Waals surface area contributed by atoms with Crippen LogP contribution in [0.4, 0.5) is 8.78 Å². The van der Waals surface area contributed by atoms with Crippen molar-refractivity contribution in [2.24, 2.45) is 0 Å². The third kappa shape index (κ3) is 7.30. The van der Waals surface area contributed by atoms with E-state index >= 15 is 0 Å². The molecule has 5 rings (SSSR count). The minimum atomic E-state index is -3.41. The molecule has 1 atom stereocenters. The molecular weight excluding hydrogens is 617 g/mol. The maximum absolute atomic E-state index is 14.9. The molecule has 45 heavy (non-hydrogen) atoms. The van der Waals surface area contributed by atoms with Crippen LogP contribution in [0, 0.1) is 11.6 Å². The largest absolute Gasteiger partial charge is 0.457 e. The summed E-state index contributed by atoms with van der Waals surface area (Å²) < 4.78 is 68.4. The average molecular weight is 652 g/mol. The molecule has 0 amide bonds. The second-order valence-electron chi connectivity index (χ2n) is 11.8. The first-order chi connectivity index (χ1) is 21.4. The topological polar surface area (TPSA) is 104 Å². The summed E-state index contributed by atoms with van der Waals surface area (Å²) in [6.07, 6.45) is -0.103. The lowest BCUT2D eigenvalue weighted by Crippen LogP contribution is -2.22. The predicted molar refractivity (Wildman–Crippen MR) is 172 cm³/mol. The van der Waals surface area contributed by atoms with Crippen LogP contribution in [0.2, 0.25) is 25.7 Å². The van der Waals surface area contributed by atoms with Crippen LogP contribution in [0.1, 0.15) is 24.2 Å². The number of ether oxygens (including phenoxy) is 2. The van der Waals surface area contributed by atoms with Crippen molar-refractivity contribution in [1.29, 1.82) is 0 Å². The summed E-state index contributed by atoms with van der Waals surface area (Å²) in [4.78, 5) is 9.44. The zero-order valence-corrected chi connectivity index (χ0v) is 27.3. The number of imidazole rings is 1. The molecule has 1 unspecified atom stereocenters. The van der Waals surface area contributed by atoms with Gasteiger partial charge in [0.25, 0.3) is 0 Å². The SMILES string of the molecule is CCS(=O)(=O)c1ccc(Oc2cc(C(O)c3c(F)cccc3F)c3nc(-c4ccccn4)n(COCC[Si](C)(C)C)c3c2)cc1. The molecule has 0 aliphatic carbocycles.